The van der Waals surface area contributed by atoms with E-state index in [9.17, 15) is 18.7 Å². The van der Waals surface area contributed by atoms with Gasteiger partial charge in [-0.1, -0.05) is 12.5 Å². The summed E-state index contributed by atoms with van der Waals surface area (Å²) in [7, 11) is 0. The molecule has 5 heteroatoms. The molecule has 1 fully saturated rings. The van der Waals surface area contributed by atoms with Gasteiger partial charge in [0.2, 0.25) is 5.91 Å². The first-order valence-corrected chi connectivity index (χ1v) is 6.92. The van der Waals surface area contributed by atoms with Gasteiger partial charge in [-0.05, 0) is 36.8 Å². The maximum atomic E-state index is 13.4. The molecule has 2 atom stereocenters. The number of amides is 1. The molecule has 1 amide bonds. The number of benzene rings is 1. The molecular weight excluding hydrogens is 264 g/mol. The molecule has 2 unspecified atom stereocenters. The number of carbonyl (C=O) groups is 1. The van der Waals surface area contributed by atoms with Gasteiger partial charge < -0.3 is 10.4 Å². The fourth-order valence-corrected chi connectivity index (χ4v) is 2.79. The monoisotopic (exact) mass is 283 g/mol. The lowest BCUT2D eigenvalue weighted by Gasteiger charge is -2.17. The molecule has 0 radical (unpaired) electrons. The minimum Gasteiger partial charge on any atom is -0.396 e. The Morgan fingerprint density at radius 1 is 1.25 bits per heavy atom. The van der Waals surface area contributed by atoms with E-state index in [-0.39, 0.29) is 30.4 Å². The molecule has 3 nitrogen and oxygen atoms in total. The lowest BCUT2D eigenvalue weighted by molar-refractivity contribution is -0.120. The minimum atomic E-state index is -0.700. The average Bonchev–Trinajstić information content (AvgIpc) is 2.88. The Hall–Kier alpha value is -1.49. The van der Waals surface area contributed by atoms with Crippen LogP contribution in [-0.2, 0) is 11.2 Å². The van der Waals surface area contributed by atoms with Crippen LogP contribution in [0.25, 0.3) is 0 Å². The van der Waals surface area contributed by atoms with Crippen molar-refractivity contribution >= 4 is 5.91 Å². The lowest BCUT2D eigenvalue weighted by Crippen LogP contribution is -2.33. The average molecular weight is 283 g/mol. The van der Waals surface area contributed by atoms with Crippen LogP contribution in [0.1, 0.15) is 24.8 Å². The van der Waals surface area contributed by atoms with Crippen LogP contribution < -0.4 is 5.32 Å². The van der Waals surface area contributed by atoms with Crippen LogP contribution in [0.5, 0.6) is 0 Å². The van der Waals surface area contributed by atoms with E-state index in [4.69, 9.17) is 0 Å². The van der Waals surface area contributed by atoms with Crippen molar-refractivity contribution in [3.8, 4) is 0 Å². The summed E-state index contributed by atoms with van der Waals surface area (Å²) in [4.78, 5) is 11.8. The molecule has 2 N–H and O–H groups in total. The Bertz CT molecular complexity index is 459. The van der Waals surface area contributed by atoms with Crippen molar-refractivity contribution in [2.45, 2.75) is 25.7 Å². The summed E-state index contributed by atoms with van der Waals surface area (Å²) in [6.45, 7) is 0.586. The van der Waals surface area contributed by atoms with Gasteiger partial charge in [0, 0.05) is 18.7 Å². The topological polar surface area (TPSA) is 49.3 Å². The van der Waals surface area contributed by atoms with Crippen LogP contribution in [0.15, 0.2) is 18.2 Å². The molecule has 1 aromatic carbocycles. The van der Waals surface area contributed by atoms with Crippen molar-refractivity contribution in [3.63, 3.8) is 0 Å². The lowest BCUT2D eigenvalue weighted by atomic mass is 9.97. The SMILES string of the molecule is O=C(Cc1c(F)cccc1F)NCC1CCCC1CO. The fraction of sp³-hybridized carbons (Fsp3) is 0.533. The summed E-state index contributed by atoms with van der Waals surface area (Å²) >= 11 is 0. The van der Waals surface area contributed by atoms with E-state index in [1.807, 2.05) is 0 Å². The molecule has 1 saturated carbocycles. The van der Waals surface area contributed by atoms with E-state index in [2.05, 4.69) is 5.32 Å². The van der Waals surface area contributed by atoms with Gasteiger partial charge in [0.25, 0.3) is 0 Å². The summed E-state index contributed by atoms with van der Waals surface area (Å²) in [6, 6.07) is 3.56. The summed E-state index contributed by atoms with van der Waals surface area (Å²) < 4.78 is 26.8. The molecule has 0 aliphatic heterocycles. The van der Waals surface area contributed by atoms with Gasteiger partial charge in [-0.3, -0.25) is 4.79 Å². The number of halogens is 2. The zero-order valence-corrected chi connectivity index (χ0v) is 11.2. The van der Waals surface area contributed by atoms with E-state index >= 15 is 0 Å². The van der Waals surface area contributed by atoms with Crippen molar-refractivity contribution in [1.29, 1.82) is 0 Å². The second kappa shape index (κ2) is 6.79. The molecule has 1 aliphatic rings. The summed E-state index contributed by atoms with van der Waals surface area (Å²) in [5.41, 5.74) is -0.199. The van der Waals surface area contributed by atoms with Crippen molar-refractivity contribution < 1.29 is 18.7 Å². The molecule has 0 aromatic heterocycles. The van der Waals surface area contributed by atoms with Gasteiger partial charge in [-0.25, -0.2) is 8.78 Å². The number of hydrogen-bond donors (Lipinski definition) is 2. The van der Waals surface area contributed by atoms with Crippen molar-refractivity contribution in [1.82, 2.24) is 5.32 Å². The quantitative estimate of drug-likeness (QED) is 0.868. The highest BCUT2D eigenvalue weighted by molar-refractivity contribution is 5.78. The van der Waals surface area contributed by atoms with E-state index in [0.29, 0.717) is 6.54 Å². The number of nitrogens with one attached hydrogen (secondary N) is 1. The number of aliphatic hydroxyl groups is 1. The Labute approximate surface area is 117 Å². The molecule has 2 rings (SSSR count). The van der Waals surface area contributed by atoms with Crippen LogP contribution in [0.2, 0.25) is 0 Å². The number of carbonyl (C=O) groups excluding carboxylic acids is 1. The van der Waals surface area contributed by atoms with E-state index in [0.717, 1.165) is 31.4 Å². The second-order valence-corrected chi connectivity index (χ2v) is 5.31. The fourth-order valence-electron chi connectivity index (χ4n) is 2.79. The van der Waals surface area contributed by atoms with Crippen LogP contribution in [0.3, 0.4) is 0 Å². The van der Waals surface area contributed by atoms with Crippen molar-refractivity contribution in [3.05, 3.63) is 35.4 Å². The van der Waals surface area contributed by atoms with E-state index in [1.165, 1.54) is 6.07 Å². The summed E-state index contributed by atoms with van der Waals surface area (Å²) in [6.07, 6.45) is 2.70. The molecule has 1 aliphatic carbocycles. The molecule has 0 spiro atoms. The highest BCUT2D eigenvalue weighted by atomic mass is 19.1. The van der Waals surface area contributed by atoms with Gasteiger partial charge >= 0.3 is 0 Å². The molecule has 0 saturated heterocycles. The number of rotatable bonds is 5. The first-order chi connectivity index (χ1) is 9.61. The predicted molar refractivity (Wildman–Crippen MR) is 71.0 cm³/mol. The zero-order chi connectivity index (χ0) is 14.5. The number of hydrogen-bond acceptors (Lipinski definition) is 2. The zero-order valence-electron chi connectivity index (χ0n) is 11.2. The van der Waals surface area contributed by atoms with Crippen molar-refractivity contribution in [2.75, 3.05) is 13.2 Å². The highest BCUT2D eigenvalue weighted by Crippen LogP contribution is 2.30. The van der Waals surface area contributed by atoms with Crippen LogP contribution >= 0.6 is 0 Å². The third-order valence-electron chi connectivity index (χ3n) is 4.01. The molecule has 1 aromatic rings. The maximum absolute atomic E-state index is 13.4. The van der Waals surface area contributed by atoms with Crippen LogP contribution in [-0.4, -0.2) is 24.2 Å². The van der Waals surface area contributed by atoms with Gasteiger partial charge in [-0.2, -0.15) is 0 Å². The first-order valence-electron chi connectivity index (χ1n) is 6.92. The Morgan fingerprint density at radius 2 is 1.90 bits per heavy atom. The molecular formula is C15H19F2NO2. The third kappa shape index (κ3) is 3.54. The van der Waals surface area contributed by atoms with Gasteiger partial charge in [0.15, 0.2) is 0 Å². The Kier molecular flexibility index (Phi) is 5.06. The van der Waals surface area contributed by atoms with Crippen LogP contribution in [0, 0.1) is 23.5 Å². The number of aliphatic hydroxyl groups excluding tert-OH is 1. The first kappa shape index (κ1) is 14.9. The molecule has 20 heavy (non-hydrogen) atoms. The maximum Gasteiger partial charge on any atom is 0.224 e. The molecule has 0 bridgehead atoms. The second-order valence-electron chi connectivity index (χ2n) is 5.31. The Morgan fingerprint density at radius 3 is 2.55 bits per heavy atom. The van der Waals surface area contributed by atoms with Gasteiger partial charge in [0.05, 0.1) is 6.42 Å². The van der Waals surface area contributed by atoms with Gasteiger partial charge in [-0.15, -0.1) is 0 Å². The minimum absolute atomic E-state index is 0.127. The Balaban J connectivity index is 1.87. The largest absolute Gasteiger partial charge is 0.396 e. The normalized spacial score (nSPS) is 21.9. The van der Waals surface area contributed by atoms with E-state index < -0.39 is 17.5 Å². The van der Waals surface area contributed by atoms with E-state index in [1.54, 1.807) is 0 Å². The smallest absolute Gasteiger partial charge is 0.224 e. The molecule has 110 valence electrons. The standard InChI is InChI=1S/C15H19F2NO2/c16-13-5-2-6-14(17)12(13)7-15(20)18-8-10-3-1-4-11(10)9-19/h2,5-6,10-11,19H,1,3-4,7-9H2,(H,18,20). The summed E-state index contributed by atoms with van der Waals surface area (Å²) in [5.74, 6) is -1.31. The third-order valence-corrected chi connectivity index (χ3v) is 4.01. The predicted octanol–water partition coefficient (Wildman–Crippen LogP) is 2.03. The molecule has 0 heterocycles. The highest BCUT2D eigenvalue weighted by Gasteiger charge is 2.26. The van der Waals surface area contributed by atoms with Crippen LogP contribution in [0.4, 0.5) is 8.78 Å². The van der Waals surface area contributed by atoms with Gasteiger partial charge in [0.1, 0.15) is 11.6 Å². The van der Waals surface area contributed by atoms with Crippen molar-refractivity contribution in [2.24, 2.45) is 11.8 Å². The summed E-state index contributed by atoms with van der Waals surface area (Å²) in [5, 5.41) is 11.9.